The van der Waals surface area contributed by atoms with Crippen LogP contribution in [-0.4, -0.2) is 17.5 Å². The molecule has 1 heterocycles. The van der Waals surface area contributed by atoms with Gasteiger partial charge >= 0.3 is 0 Å². The number of hydrogen-bond acceptors (Lipinski definition) is 5. The van der Waals surface area contributed by atoms with Crippen molar-refractivity contribution in [1.82, 2.24) is 4.98 Å². The third-order valence-electron chi connectivity index (χ3n) is 3.89. The zero-order valence-corrected chi connectivity index (χ0v) is 15.8. The van der Waals surface area contributed by atoms with E-state index in [9.17, 15) is 4.79 Å². The van der Waals surface area contributed by atoms with Gasteiger partial charge in [-0.3, -0.25) is 10.1 Å². The molecule has 0 aliphatic carbocycles. The summed E-state index contributed by atoms with van der Waals surface area (Å²) in [6.45, 7) is 2.04. The Labute approximate surface area is 162 Å². The number of aryl methyl sites for hydroxylation is 1. The monoisotopic (exact) mass is 377 g/mol. The molecule has 0 saturated carbocycles. The van der Waals surface area contributed by atoms with Crippen LogP contribution in [0.5, 0.6) is 5.75 Å². The Morgan fingerprint density at radius 1 is 1.19 bits per heavy atom. The van der Waals surface area contributed by atoms with E-state index >= 15 is 0 Å². The topological polar surface area (TPSA) is 75.0 Å². The standard InChI is InChI=1S/C21H19N3O2S/c1-2-3-15-4-8-17(9-5-15)19-14-27-21(23-19)24-20(25)13-26-18-10-6-16(12-22)7-11-18/h4-11,14H,2-3,13H2,1H3,(H,23,24,25). The lowest BCUT2D eigenvalue weighted by Crippen LogP contribution is -2.20. The molecule has 0 aliphatic heterocycles. The number of anilines is 1. The van der Waals surface area contributed by atoms with E-state index in [0.717, 1.165) is 24.1 Å². The van der Waals surface area contributed by atoms with Crippen molar-refractivity contribution in [2.75, 3.05) is 11.9 Å². The van der Waals surface area contributed by atoms with Gasteiger partial charge in [0.1, 0.15) is 5.75 Å². The first kappa shape index (κ1) is 18.6. The second-order valence-corrected chi connectivity index (χ2v) is 6.82. The van der Waals surface area contributed by atoms with Gasteiger partial charge in [0.25, 0.3) is 5.91 Å². The summed E-state index contributed by atoms with van der Waals surface area (Å²) in [6.07, 6.45) is 2.19. The minimum absolute atomic E-state index is 0.119. The minimum atomic E-state index is -0.279. The molecule has 3 rings (SSSR count). The van der Waals surface area contributed by atoms with Gasteiger partial charge in [0.15, 0.2) is 11.7 Å². The van der Waals surface area contributed by atoms with Crippen LogP contribution in [0.2, 0.25) is 0 Å². The zero-order valence-electron chi connectivity index (χ0n) is 14.9. The third-order valence-corrected chi connectivity index (χ3v) is 4.65. The Balaban J connectivity index is 1.55. The molecule has 0 unspecified atom stereocenters. The van der Waals surface area contributed by atoms with Gasteiger partial charge in [0, 0.05) is 10.9 Å². The Hall–Kier alpha value is -3.17. The number of hydrogen-bond donors (Lipinski definition) is 1. The Morgan fingerprint density at radius 2 is 1.93 bits per heavy atom. The zero-order chi connectivity index (χ0) is 19.1. The maximum Gasteiger partial charge on any atom is 0.264 e. The largest absolute Gasteiger partial charge is 0.484 e. The molecule has 2 aromatic carbocycles. The lowest BCUT2D eigenvalue weighted by atomic mass is 10.1. The maximum atomic E-state index is 12.0. The first-order chi connectivity index (χ1) is 13.2. The highest BCUT2D eigenvalue weighted by atomic mass is 32.1. The van der Waals surface area contributed by atoms with Crippen LogP contribution in [0.15, 0.2) is 53.9 Å². The predicted molar refractivity (Wildman–Crippen MR) is 107 cm³/mol. The number of rotatable bonds is 7. The summed E-state index contributed by atoms with van der Waals surface area (Å²) >= 11 is 1.38. The number of carbonyl (C=O) groups excluding carboxylic acids is 1. The first-order valence-corrected chi connectivity index (χ1v) is 9.53. The van der Waals surface area contributed by atoms with Gasteiger partial charge in [-0.05, 0) is 36.2 Å². The number of thiazole rings is 1. The molecular formula is C21H19N3O2S. The van der Waals surface area contributed by atoms with Crippen LogP contribution >= 0.6 is 11.3 Å². The van der Waals surface area contributed by atoms with Gasteiger partial charge in [0.2, 0.25) is 0 Å². The highest BCUT2D eigenvalue weighted by Gasteiger charge is 2.09. The number of aromatic nitrogens is 1. The molecule has 1 aromatic heterocycles. The van der Waals surface area contributed by atoms with Crippen molar-refractivity contribution in [1.29, 1.82) is 5.26 Å². The van der Waals surface area contributed by atoms with Crippen LogP contribution in [0.3, 0.4) is 0 Å². The quantitative estimate of drug-likeness (QED) is 0.650. The Bertz CT molecular complexity index is 941. The van der Waals surface area contributed by atoms with Crippen molar-refractivity contribution in [3.63, 3.8) is 0 Å². The molecule has 136 valence electrons. The smallest absolute Gasteiger partial charge is 0.264 e. The van der Waals surface area contributed by atoms with Gasteiger partial charge in [-0.2, -0.15) is 5.26 Å². The average molecular weight is 377 g/mol. The summed E-state index contributed by atoms with van der Waals surface area (Å²) in [6, 6.07) is 17.0. The minimum Gasteiger partial charge on any atom is -0.484 e. The summed E-state index contributed by atoms with van der Waals surface area (Å²) in [5, 5.41) is 14.0. The summed E-state index contributed by atoms with van der Waals surface area (Å²) in [5.41, 5.74) is 3.72. The lowest BCUT2D eigenvalue weighted by Gasteiger charge is -2.05. The van der Waals surface area contributed by atoms with Gasteiger partial charge in [-0.15, -0.1) is 11.3 Å². The molecule has 5 nitrogen and oxygen atoms in total. The SMILES string of the molecule is CCCc1ccc(-c2csc(NC(=O)COc3ccc(C#N)cc3)n2)cc1. The molecule has 6 heteroatoms. The Morgan fingerprint density at radius 3 is 2.59 bits per heavy atom. The van der Waals surface area contributed by atoms with E-state index in [1.807, 2.05) is 11.4 Å². The van der Waals surface area contributed by atoms with Crippen LogP contribution in [0.25, 0.3) is 11.3 Å². The van der Waals surface area contributed by atoms with Crippen molar-refractivity contribution in [2.24, 2.45) is 0 Å². The van der Waals surface area contributed by atoms with Crippen molar-refractivity contribution in [3.8, 4) is 23.1 Å². The summed E-state index contributed by atoms with van der Waals surface area (Å²) in [5.74, 6) is 0.259. The molecule has 0 spiro atoms. The summed E-state index contributed by atoms with van der Waals surface area (Å²) in [7, 11) is 0. The van der Waals surface area contributed by atoms with E-state index in [2.05, 4.69) is 41.5 Å². The van der Waals surface area contributed by atoms with Crippen LogP contribution in [0, 0.1) is 11.3 Å². The Kier molecular flexibility index (Phi) is 6.18. The molecule has 3 aromatic rings. The van der Waals surface area contributed by atoms with Crippen molar-refractivity contribution in [3.05, 3.63) is 65.0 Å². The van der Waals surface area contributed by atoms with Crippen molar-refractivity contribution in [2.45, 2.75) is 19.8 Å². The highest BCUT2D eigenvalue weighted by Crippen LogP contribution is 2.25. The van der Waals surface area contributed by atoms with E-state index in [1.54, 1.807) is 24.3 Å². The molecule has 0 radical (unpaired) electrons. The number of carbonyl (C=O) groups is 1. The molecule has 0 fully saturated rings. The fourth-order valence-corrected chi connectivity index (χ4v) is 3.26. The van der Waals surface area contributed by atoms with Crippen molar-refractivity contribution >= 4 is 22.4 Å². The number of amides is 1. The van der Waals surface area contributed by atoms with E-state index in [-0.39, 0.29) is 12.5 Å². The normalized spacial score (nSPS) is 10.2. The summed E-state index contributed by atoms with van der Waals surface area (Å²) < 4.78 is 5.42. The van der Waals surface area contributed by atoms with Gasteiger partial charge in [0.05, 0.1) is 17.3 Å². The average Bonchev–Trinajstić information content (AvgIpc) is 3.16. The van der Waals surface area contributed by atoms with Crippen LogP contribution < -0.4 is 10.1 Å². The molecule has 0 atom stereocenters. The summed E-state index contributed by atoms with van der Waals surface area (Å²) in [4.78, 5) is 16.5. The van der Waals surface area contributed by atoms with E-state index in [4.69, 9.17) is 10.00 Å². The number of ether oxygens (including phenoxy) is 1. The first-order valence-electron chi connectivity index (χ1n) is 8.65. The number of benzene rings is 2. The van der Waals surface area contributed by atoms with E-state index in [1.165, 1.54) is 16.9 Å². The number of nitriles is 1. The molecule has 0 bridgehead atoms. The molecule has 27 heavy (non-hydrogen) atoms. The molecule has 1 amide bonds. The van der Waals surface area contributed by atoms with Crippen LogP contribution in [-0.2, 0) is 11.2 Å². The molecule has 0 saturated heterocycles. The predicted octanol–water partition coefficient (Wildman–Crippen LogP) is 4.65. The lowest BCUT2D eigenvalue weighted by molar-refractivity contribution is -0.118. The van der Waals surface area contributed by atoms with E-state index < -0.39 is 0 Å². The third kappa shape index (κ3) is 5.16. The van der Waals surface area contributed by atoms with E-state index in [0.29, 0.717) is 16.4 Å². The second kappa shape index (κ2) is 8.97. The highest BCUT2D eigenvalue weighted by molar-refractivity contribution is 7.14. The van der Waals surface area contributed by atoms with Gasteiger partial charge < -0.3 is 4.74 Å². The maximum absolute atomic E-state index is 12.0. The van der Waals surface area contributed by atoms with Gasteiger partial charge in [-0.1, -0.05) is 37.6 Å². The fourth-order valence-electron chi connectivity index (χ4n) is 2.52. The van der Waals surface area contributed by atoms with Crippen LogP contribution in [0.1, 0.15) is 24.5 Å². The van der Waals surface area contributed by atoms with Crippen LogP contribution in [0.4, 0.5) is 5.13 Å². The number of nitrogens with one attached hydrogen (secondary N) is 1. The fraction of sp³-hybridized carbons (Fsp3) is 0.190. The molecule has 0 aliphatic rings. The second-order valence-electron chi connectivity index (χ2n) is 5.96. The van der Waals surface area contributed by atoms with Crippen molar-refractivity contribution < 1.29 is 9.53 Å². The molecular weight excluding hydrogens is 358 g/mol. The number of nitrogens with zero attached hydrogens (tertiary/aromatic N) is 2. The van der Waals surface area contributed by atoms with Gasteiger partial charge in [-0.25, -0.2) is 4.98 Å². The molecule has 1 N–H and O–H groups in total.